The molecule has 0 aliphatic heterocycles. The second-order valence-electron chi connectivity index (χ2n) is 2.52. The van der Waals surface area contributed by atoms with E-state index in [-0.39, 0.29) is 11.3 Å². The average Bonchev–Trinajstić information content (AvgIpc) is 2.16. The lowest BCUT2D eigenvalue weighted by atomic mass is 10.1. The molecule has 0 aliphatic rings. The van der Waals surface area contributed by atoms with Crippen LogP contribution in [0, 0.1) is 0 Å². The molecule has 0 amide bonds. The lowest BCUT2D eigenvalue weighted by Gasteiger charge is -2.14. The van der Waals surface area contributed by atoms with Gasteiger partial charge in [-0.2, -0.15) is 0 Å². The first-order valence-electron chi connectivity index (χ1n) is 3.71. The summed E-state index contributed by atoms with van der Waals surface area (Å²) in [5, 5.41) is 9.20. The number of aromatic nitrogens is 1. The molecule has 0 aromatic carbocycles. The van der Waals surface area contributed by atoms with Crippen LogP contribution in [-0.4, -0.2) is 23.6 Å². The van der Waals surface area contributed by atoms with Crippen LogP contribution in [0.4, 0.5) is 8.78 Å². The van der Waals surface area contributed by atoms with Crippen molar-refractivity contribution in [1.82, 2.24) is 4.98 Å². The third-order valence-corrected chi connectivity index (χ3v) is 2.29. The molecule has 3 nitrogen and oxygen atoms in total. The Morgan fingerprint density at radius 2 is 2.14 bits per heavy atom. The molecule has 1 rings (SSSR count). The molecule has 1 aromatic rings. The van der Waals surface area contributed by atoms with Crippen molar-refractivity contribution in [1.29, 1.82) is 0 Å². The van der Waals surface area contributed by atoms with Crippen molar-refractivity contribution in [2.75, 3.05) is 7.11 Å². The van der Waals surface area contributed by atoms with Gasteiger partial charge in [-0.15, -0.1) is 0 Å². The van der Waals surface area contributed by atoms with Crippen LogP contribution in [0.25, 0.3) is 0 Å². The second kappa shape index (κ2) is 4.65. The molecule has 0 saturated heterocycles. The normalized spacial score (nSPS) is 13.0. The highest BCUT2D eigenvalue weighted by molar-refractivity contribution is 9.10. The first-order chi connectivity index (χ1) is 6.57. The lowest BCUT2D eigenvalue weighted by molar-refractivity contribution is -0.00746. The number of hydrogen-bond donors (Lipinski definition) is 1. The monoisotopic (exact) mass is 267 g/mol. The van der Waals surface area contributed by atoms with Gasteiger partial charge in [0.25, 0.3) is 6.43 Å². The number of nitrogens with zero attached hydrogens (tertiary/aromatic N) is 1. The van der Waals surface area contributed by atoms with Crippen LogP contribution in [-0.2, 0) is 0 Å². The molecule has 0 fully saturated rings. The zero-order valence-electron chi connectivity index (χ0n) is 7.25. The summed E-state index contributed by atoms with van der Waals surface area (Å²) in [6.07, 6.45) is -2.14. The molecule has 0 bridgehead atoms. The van der Waals surface area contributed by atoms with Crippen LogP contribution in [0.1, 0.15) is 11.7 Å². The molecule has 1 aromatic heterocycles. The van der Waals surface area contributed by atoms with Crippen molar-refractivity contribution in [2.45, 2.75) is 12.5 Å². The molecule has 14 heavy (non-hydrogen) atoms. The van der Waals surface area contributed by atoms with Gasteiger partial charge in [0, 0.05) is 16.2 Å². The van der Waals surface area contributed by atoms with Crippen molar-refractivity contribution in [3.63, 3.8) is 0 Å². The van der Waals surface area contributed by atoms with Crippen LogP contribution in [0.3, 0.4) is 0 Å². The van der Waals surface area contributed by atoms with Crippen LogP contribution >= 0.6 is 15.9 Å². The highest BCUT2D eigenvalue weighted by atomic mass is 79.9. The molecule has 1 unspecified atom stereocenters. The summed E-state index contributed by atoms with van der Waals surface area (Å²) in [4.78, 5) is 3.73. The quantitative estimate of drug-likeness (QED) is 0.913. The van der Waals surface area contributed by atoms with Gasteiger partial charge < -0.3 is 9.84 Å². The van der Waals surface area contributed by atoms with E-state index in [1.807, 2.05) is 0 Å². The number of halogens is 3. The molecule has 6 heteroatoms. The molecule has 1 atom stereocenters. The standard InChI is InChI=1S/C8H8BrF2NO2/c1-14-5-3-12-2-4(9)6(5)7(13)8(10)11/h2-3,7-8,13H,1H3. The van der Waals surface area contributed by atoms with E-state index in [1.165, 1.54) is 19.5 Å². The Morgan fingerprint density at radius 3 is 2.64 bits per heavy atom. The van der Waals surface area contributed by atoms with E-state index in [1.54, 1.807) is 0 Å². The Hall–Kier alpha value is -0.750. The fraction of sp³-hybridized carbons (Fsp3) is 0.375. The molecule has 0 spiro atoms. The zero-order valence-corrected chi connectivity index (χ0v) is 8.83. The largest absolute Gasteiger partial charge is 0.495 e. The van der Waals surface area contributed by atoms with Gasteiger partial charge in [-0.3, -0.25) is 4.98 Å². The van der Waals surface area contributed by atoms with Gasteiger partial charge in [0.1, 0.15) is 11.9 Å². The smallest absolute Gasteiger partial charge is 0.268 e. The molecule has 0 saturated carbocycles. The summed E-state index contributed by atoms with van der Waals surface area (Å²) in [7, 11) is 1.32. The molecule has 0 aliphatic carbocycles. The summed E-state index contributed by atoms with van der Waals surface area (Å²) in [5.41, 5.74) is 0.0116. The average molecular weight is 268 g/mol. The van der Waals surface area contributed by atoms with Gasteiger partial charge in [-0.1, -0.05) is 0 Å². The van der Waals surface area contributed by atoms with Gasteiger partial charge in [0.05, 0.1) is 13.3 Å². The minimum atomic E-state index is -2.86. The summed E-state index contributed by atoms with van der Waals surface area (Å²) < 4.78 is 29.6. The fourth-order valence-corrected chi connectivity index (χ4v) is 1.55. The van der Waals surface area contributed by atoms with E-state index in [0.29, 0.717) is 4.47 Å². The Kier molecular flexibility index (Phi) is 3.77. The number of alkyl halides is 2. The topological polar surface area (TPSA) is 42.4 Å². The molecule has 0 radical (unpaired) electrons. The number of aliphatic hydroxyl groups is 1. The molecular formula is C8H8BrF2NO2. The minimum absolute atomic E-state index is 0.0116. The van der Waals surface area contributed by atoms with Crippen molar-refractivity contribution < 1.29 is 18.6 Å². The molecule has 1 N–H and O–H groups in total. The zero-order chi connectivity index (χ0) is 10.7. The number of rotatable bonds is 3. The second-order valence-corrected chi connectivity index (χ2v) is 3.37. The summed E-state index contributed by atoms with van der Waals surface area (Å²) in [6.45, 7) is 0. The predicted molar refractivity (Wildman–Crippen MR) is 49.5 cm³/mol. The Morgan fingerprint density at radius 1 is 1.50 bits per heavy atom. The number of ether oxygens (including phenoxy) is 1. The number of hydrogen-bond acceptors (Lipinski definition) is 3. The maximum atomic E-state index is 12.3. The van der Waals surface area contributed by atoms with E-state index in [9.17, 15) is 13.9 Å². The van der Waals surface area contributed by atoms with Crippen LogP contribution in [0.2, 0.25) is 0 Å². The number of pyridine rings is 1. The minimum Gasteiger partial charge on any atom is -0.495 e. The Labute approximate surface area is 87.9 Å². The molecular weight excluding hydrogens is 260 g/mol. The van der Waals surface area contributed by atoms with Gasteiger partial charge in [-0.05, 0) is 15.9 Å². The lowest BCUT2D eigenvalue weighted by Crippen LogP contribution is -2.10. The molecule has 78 valence electrons. The predicted octanol–water partition coefficient (Wildman–Crippen LogP) is 2.15. The maximum absolute atomic E-state index is 12.3. The van der Waals surface area contributed by atoms with Gasteiger partial charge in [0.2, 0.25) is 0 Å². The van der Waals surface area contributed by atoms with Crippen molar-refractivity contribution in [2.24, 2.45) is 0 Å². The summed E-state index contributed by atoms with van der Waals surface area (Å²) in [6, 6.07) is 0. The van der Waals surface area contributed by atoms with Crippen LogP contribution in [0.5, 0.6) is 5.75 Å². The Bertz CT molecular complexity index is 322. The summed E-state index contributed by atoms with van der Waals surface area (Å²) in [5.74, 6) is 0.132. The van der Waals surface area contributed by atoms with Gasteiger partial charge in [-0.25, -0.2) is 8.78 Å². The third-order valence-electron chi connectivity index (χ3n) is 1.66. The van der Waals surface area contributed by atoms with E-state index in [2.05, 4.69) is 20.9 Å². The van der Waals surface area contributed by atoms with E-state index >= 15 is 0 Å². The van der Waals surface area contributed by atoms with Crippen molar-refractivity contribution in [3.8, 4) is 5.75 Å². The fourth-order valence-electron chi connectivity index (χ4n) is 1.00. The van der Waals surface area contributed by atoms with E-state index in [0.717, 1.165) is 0 Å². The third kappa shape index (κ3) is 2.19. The maximum Gasteiger partial charge on any atom is 0.268 e. The van der Waals surface area contributed by atoms with Crippen molar-refractivity contribution in [3.05, 3.63) is 22.4 Å². The Balaban J connectivity index is 3.16. The van der Waals surface area contributed by atoms with Crippen LogP contribution in [0.15, 0.2) is 16.9 Å². The van der Waals surface area contributed by atoms with E-state index < -0.39 is 12.5 Å². The van der Waals surface area contributed by atoms with Gasteiger partial charge in [0.15, 0.2) is 0 Å². The first kappa shape index (κ1) is 11.3. The number of methoxy groups -OCH3 is 1. The highest BCUT2D eigenvalue weighted by Gasteiger charge is 2.25. The highest BCUT2D eigenvalue weighted by Crippen LogP contribution is 2.34. The summed E-state index contributed by atoms with van der Waals surface area (Å²) >= 11 is 3.02. The van der Waals surface area contributed by atoms with Crippen LogP contribution < -0.4 is 4.74 Å². The molecule has 1 heterocycles. The van der Waals surface area contributed by atoms with Gasteiger partial charge >= 0.3 is 0 Å². The first-order valence-corrected chi connectivity index (χ1v) is 4.50. The number of aliphatic hydroxyl groups excluding tert-OH is 1. The SMILES string of the molecule is COc1cncc(Br)c1C(O)C(F)F. The van der Waals surface area contributed by atoms with E-state index in [4.69, 9.17) is 4.74 Å². The van der Waals surface area contributed by atoms with Crippen molar-refractivity contribution >= 4 is 15.9 Å².